The third-order valence-electron chi connectivity index (χ3n) is 4.17. The Bertz CT molecular complexity index is 1110. The number of hydrogen-bond acceptors (Lipinski definition) is 5. The molecule has 1 unspecified atom stereocenters. The molecule has 28 heavy (non-hydrogen) atoms. The van der Waals surface area contributed by atoms with E-state index in [4.69, 9.17) is 16.6 Å². The second kappa shape index (κ2) is 8.32. The smallest absolute Gasteiger partial charge is 0.124 e. The van der Waals surface area contributed by atoms with Crippen LogP contribution in [0, 0.1) is 0 Å². The maximum absolute atomic E-state index is 10.9. The summed E-state index contributed by atoms with van der Waals surface area (Å²) in [6, 6.07) is 19.0. The van der Waals surface area contributed by atoms with Crippen LogP contribution in [0.25, 0.3) is 32.3 Å². The zero-order valence-electron chi connectivity index (χ0n) is 14.5. The normalized spacial score (nSPS) is 12.1. The summed E-state index contributed by atoms with van der Waals surface area (Å²) in [4.78, 5) is 10.0. The number of aromatic nitrogens is 2. The Morgan fingerprint density at radius 3 is 2.18 bits per heavy atom. The summed E-state index contributed by atoms with van der Waals surface area (Å²) in [5, 5.41) is 1.54. The Balaban J connectivity index is 1.79. The molecule has 0 bridgehead atoms. The molecule has 0 amide bonds. The second-order valence-electron chi connectivity index (χ2n) is 6.08. The van der Waals surface area contributed by atoms with Crippen molar-refractivity contribution in [2.45, 2.75) is 5.75 Å². The summed E-state index contributed by atoms with van der Waals surface area (Å²) in [6.07, 6.45) is 3.52. The first kappa shape index (κ1) is 19.0. The van der Waals surface area contributed by atoms with Gasteiger partial charge in [-0.1, -0.05) is 59.1 Å². The zero-order valence-corrected chi connectivity index (χ0v) is 16.9. The minimum atomic E-state index is -2.10. The molecular formula is C21H14ClN2O2S2-. The van der Waals surface area contributed by atoms with E-state index in [1.807, 2.05) is 60.7 Å². The van der Waals surface area contributed by atoms with Gasteiger partial charge in [0.05, 0.1) is 10.6 Å². The SMILES string of the molecule is O=S([O-])Cc1ccc(-c2nc(-c3ccc(Cl)cc3)c(-c3ccncc3)s2)cc1. The Morgan fingerprint density at radius 1 is 0.893 bits per heavy atom. The van der Waals surface area contributed by atoms with Crippen LogP contribution < -0.4 is 0 Å². The molecule has 140 valence electrons. The summed E-state index contributed by atoms with van der Waals surface area (Å²) in [5.41, 5.74) is 4.61. The van der Waals surface area contributed by atoms with Crippen molar-refractivity contribution in [1.82, 2.24) is 9.97 Å². The lowest BCUT2D eigenvalue weighted by molar-refractivity contribution is 0.536. The van der Waals surface area contributed by atoms with Gasteiger partial charge in [0.2, 0.25) is 0 Å². The van der Waals surface area contributed by atoms with Gasteiger partial charge in [-0.25, -0.2) is 4.98 Å². The van der Waals surface area contributed by atoms with Crippen molar-refractivity contribution in [2.24, 2.45) is 0 Å². The third kappa shape index (κ3) is 4.20. The van der Waals surface area contributed by atoms with Gasteiger partial charge in [0, 0.05) is 34.3 Å². The summed E-state index contributed by atoms with van der Waals surface area (Å²) in [5.74, 6) is 0.0104. The van der Waals surface area contributed by atoms with Crippen molar-refractivity contribution in [1.29, 1.82) is 0 Å². The molecule has 4 rings (SSSR count). The largest absolute Gasteiger partial charge is 0.772 e. The Kier molecular flexibility index (Phi) is 5.64. The molecule has 2 aromatic carbocycles. The molecule has 0 aliphatic rings. The first-order chi connectivity index (χ1) is 13.6. The predicted molar refractivity (Wildman–Crippen MR) is 114 cm³/mol. The fraction of sp³-hybridized carbons (Fsp3) is 0.0476. The number of hydrogen-bond donors (Lipinski definition) is 0. The molecule has 7 heteroatoms. The first-order valence-electron chi connectivity index (χ1n) is 8.42. The lowest BCUT2D eigenvalue weighted by atomic mass is 10.1. The van der Waals surface area contributed by atoms with Gasteiger partial charge in [-0.05, 0) is 35.4 Å². The predicted octanol–water partition coefficient (Wildman–Crippen LogP) is 5.57. The van der Waals surface area contributed by atoms with Gasteiger partial charge in [0.25, 0.3) is 0 Å². The van der Waals surface area contributed by atoms with Gasteiger partial charge >= 0.3 is 0 Å². The van der Waals surface area contributed by atoms with Crippen LogP contribution >= 0.6 is 22.9 Å². The van der Waals surface area contributed by atoms with E-state index in [2.05, 4.69) is 4.98 Å². The molecule has 0 fully saturated rings. The highest BCUT2D eigenvalue weighted by atomic mass is 35.5. The minimum Gasteiger partial charge on any atom is -0.772 e. The van der Waals surface area contributed by atoms with Gasteiger partial charge in [0.1, 0.15) is 5.01 Å². The Morgan fingerprint density at radius 2 is 1.54 bits per heavy atom. The van der Waals surface area contributed by atoms with Crippen molar-refractivity contribution in [2.75, 3.05) is 0 Å². The van der Waals surface area contributed by atoms with Crippen LogP contribution in [-0.4, -0.2) is 18.7 Å². The van der Waals surface area contributed by atoms with E-state index < -0.39 is 11.1 Å². The summed E-state index contributed by atoms with van der Waals surface area (Å²) < 4.78 is 21.8. The van der Waals surface area contributed by atoms with Gasteiger partial charge in [-0.3, -0.25) is 9.19 Å². The minimum absolute atomic E-state index is 0.0104. The molecule has 1 atom stereocenters. The summed E-state index contributed by atoms with van der Waals surface area (Å²) in [6.45, 7) is 0. The topological polar surface area (TPSA) is 65.9 Å². The van der Waals surface area contributed by atoms with Crippen LogP contribution in [-0.2, 0) is 16.8 Å². The molecule has 0 aliphatic heterocycles. The lowest BCUT2D eigenvalue weighted by Crippen LogP contribution is -1.92. The molecule has 0 radical (unpaired) electrons. The maximum Gasteiger partial charge on any atom is 0.124 e. The average Bonchev–Trinajstić information content (AvgIpc) is 3.15. The highest BCUT2D eigenvalue weighted by molar-refractivity contribution is 7.78. The number of nitrogens with zero attached hydrogens (tertiary/aromatic N) is 2. The van der Waals surface area contributed by atoms with Gasteiger partial charge in [-0.2, -0.15) is 0 Å². The van der Waals surface area contributed by atoms with E-state index in [-0.39, 0.29) is 5.75 Å². The highest BCUT2D eigenvalue weighted by Gasteiger charge is 2.16. The van der Waals surface area contributed by atoms with Crippen LogP contribution in [0.15, 0.2) is 73.1 Å². The molecule has 0 saturated carbocycles. The zero-order chi connectivity index (χ0) is 19.5. The molecule has 0 aliphatic carbocycles. The lowest BCUT2D eigenvalue weighted by Gasteiger charge is -2.05. The van der Waals surface area contributed by atoms with E-state index in [1.54, 1.807) is 23.7 Å². The first-order valence-corrected chi connectivity index (χ1v) is 10.9. The van der Waals surface area contributed by atoms with E-state index in [0.717, 1.165) is 37.8 Å². The third-order valence-corrected chi connectivity index (χ3v) is 6.15. The fourth-order valence-electron chi connectivity index (χ4n) is 2.83. The number of benzene rings is 2. The van der Waals surface area contributed by atoms with Crippen molar-refractivity contribution >= 4 is 34.0 Å². The molecule has 0 spiro atoms. The molecule has 4 aromatic rings. The van der Waals surface area contributed by atoms with Gasteiger partial charge in [0.15, 0.2) is 0 Å². The van der Waals surface area contributed by atoms with E-state index in [9.17, 15) is 8.76 Å². The average molecular weight is 426 g/mol. The van der Waals surface area contributed by atoms with Crippen molar-refractivity contribution < 1.29 is 8.76 Å². The quantitative estimate of drug-likeness (QED) is 0.392. The molecule has 2 aromatic heterocycles. The monoisotopic (exact) mass is 425 g/mol. The Labute approximate surface area is 174 Å². The highest BCUT2D eigenvalue weighted by Crippen LogP contribution is 2.40. The number of rotatable bonds is 5. The van der Waals surface area contributed by atoms with Crippen molar-refractivity contribution in [3.05, 3.63) is 83.6 Å². The molecular weight excluding hydrogens is 412 g/mol. The van der Waals surface area contributed by atoms with E-state index >= 15 is 0 Å². The van der Waals surface area contributed by atoms with Crippen LogP contribution in [0.3, 0.4) is 0 Å². The number of thiazole rings is 1. The second-order valence-corrected chi connectivity index (χ2v) is 8.42. The van der Waals surface area contributed by atoms with Gasteiger partial charge < -0.3 is 4.55 Å². The van der Waals surface area contributed by atoms with E-state index in [1.165, 1.54) is 0 Å². The molecule has 4 nitrogen and oxygen atoms in total. The number of pyridine rings is 1. The summed E-state index contributed by atoms with van der Waals surface area (Å²) in [7, 11) is 0. The van der Waals surface area contributed by atoms with Crippen LogP contribution in [0.4, 0.5) is 0 Å². The number of halogens is 1. The summed E-state index contributed by atoms with van der Waals surface area (Å²) >= 11 is 5.53. The Hall–Kier alpha value is -2.38. The maximum atomic E-state index is 10.9. The van der Waals surface area contributed by atoms with Crippen molar-refractivity contribution in [3.63, 3.8) is 0 Å². The van der Waals surface area contributed by atoms with Crippen molar-refractivity contribution in [3.8, 4) is 32.3 Å². The van der Waals surface area contributed by atoms with E-state index in [0.29, 0.717) is 5.02 Å². The standard InChI is InChI=1S/C21H15ClN2O2S2/c22-18-7-5-15(6-8-18)19-20(16-9-11-23-12-10-16)27-21(24-19)17-3-1-14(2-4-17)13-28(25)26/h1-12H,13H2,(H,25,26)/p-1. The van der Waals surface area contributed by atoms with Crippen LogP contribution in [0.1, 0.15) is 5.56 Å². The van der Waals surface area contributed by atoms with Gasteiger partial charge in [-0.15, -0.1) is 11.3 Å². The molecule has 0 saturated heterocycles. The van der Waals surface area contributed by atoms with Crippen LogP contribution in [0.5, 0.6) is 0 Å². The van der Waals surface area contributed by atoms with Crippen LogP contribution in [0.2, 0.25) is 5.02 Å². The molecule has 0 N–H and O–H groups in total. The molecule has 2 heterocycles. The fourth-order valence-corrected chi connectivity index (χ4v) is 4.51.